The van der Waals surface area contributed by atoms with E-state index < -0.39 is 22.8 Å². The summed E-state index contributed by atoms with van der Waals surface area (Å²) in [6.07, 6.45) is 1.89. The molecule has 0 aromatic rings. The minimum absolute atomic E-state index is 0.0242. The van der Waals surface area contributed by atoms with Crippen LogP contribution in [0.3, 0.4) is 0 Å². The minimum atomic E-state index is -0.900. The maximum atomic E-state index is 11.1. The Labute approximate surface area is 82.9 Å². The van der Waals surface area contributed by atoms with E-state index in [0.717, 1.165) is 12.8 Å². The van der Waals surface area contributed by atoms with Gasteiger partial charge in [-0.1, -0.05) is 6.92 Å². The molecule has 4 nitrogen and oxygen atoms in total. The lowest BCUT2D eigenvalue weighted by atomic mass is 9.70. The number of hydrogen-bond acceptors (Lipinski definition) is 2. The number of carboxylic acid groups (broad SMARTS) is 2. The molecule has 0 amide bonds. The fourth-order valence-corrected chi connectivity index (χ4v) is 2.12. The largest absolute Gasteiger partial charge is 0.481 e. The lowest BCUT2D eigenvalue weighted by Crippen LogP contribution is -2.38. The van der Waals surface area contributed by atoms with Crippen molar-refractivity contribution >= 4 is 11.9 Å². The Hall–Kier alpha value is -1.06. The molecule has 1 atom stereocenters. The van der Waals surface area contributed by atoms with Gasteiger partial charge in [0, 0.05) is 0 Å². The first-order chi connectivity index (χ1) is 6.38. The van der Waals surface area contributed by atoms with Gasteiger partial charge in [-0.3, -0.25) is 9.59 Å². The predicted molar refractivity (Wildman–Crippen MR) is 50.0 cm³/mol. The SMILES string of the molecule is CCC(C)(C(=O)O)C1(CC(=O)O)CC1. The average molecular weight is 200 g/mol. The van der Waals surface area contributed by atoms with E-state index in [1.807, 2.05) is 0 Å². The molecule has 14 heavy (non-hydrogen) atoms. The van der Waals surface area contributed by atoms with Gasteiger partial charge in [0.15, 0.2) is 0 Å². The molecular formula is C10H16O4. The standard InChI is InChI=1S/C10H16O4/c1-3-9(2,8(13)14)10(4-5-10)6-7(11)12/h3-6H2,1-2H3,(H,11,12)(H,13,14). The van der Waals surface area contributed by atoms with Crippen LogP contribution in [-0.2, 0) is 9.59 Å². The van der Waals surface area contributed by atoms with E-state index in [1.54, 1.807) is 13.8 Å². The zero-order valence-electron chi connectivity index (χ0n) is 8.54. The van der Waals surface area contributed by atoms with Gasteiger partial charge in [0.05, 0.1) is 11.8 Å². The molecular weight excluding hydrogens is 184 g/mol. The van der Waals surface area contributed by atoms with Crippen LogP contribution in [-0.4, -0.2) is 22.2 Å². The average Bonchev–Trinajstić information content (AvgIpc) is 2.82. The Morgan fingerprint density at radius 2 is 1.86 bits per heavy atom. The summed E-state index contributed by atoms with van der Waals surface area (Å²) in [5.74, 6) is -1.78. The van der Waals surface area contributed by atoms with Crippen molar-refractivity contribution in [3.63, 3.8) is 0 Å². The van der Waals surface area contributed by atoms with Crippen molar-refractivity contribution in [2.24, 2.45) is 10.8 Å². The van der Waals surface area contributed by atoms with Gasteiger partial charge in [0.1, 0.15) is 0 Å². The van der Waals surface area contributed by atoms with E-state index in [1.165, 1.54) is 0 Å². The Balaban J connectivity index is 2.89. The van der Waals surface area contributed by atoms with Crippen molar-refractivity contribution in [2.75, 3.05) is 0 Å². The van der Waals surface area contributed by atoms with E-state index in [-0.39, 0.29) is 6.42 Å². The quantitative estimate of drug-likeness (QED) is 0.708. The summed E-state index contributed by atoms with van der Waals surface area (Å²) < 4.78 is 0. The van der Waals surface area contributed by atoms with Gasteiger partial charge in [0.2, 0.25) is 0 Å². The summed E-state index contributed by atoms with van der Waals surface area (Å²) >= 11 is 0. The Morgan fingerprint density at radius 1 is 1.36 bits per heavy atom. The summed E-state index contributed by atoms with van der Waals surface area (Å²) in [6, 6.07) is 0. The second-order valence-corrected chi connectivity index (χ2v) is 4.34. The maximum Gasteiger partial charge on any atom is 0.309 e. The topological polar surface area (TPSA) is 74.6 Å². The molecule has 0 aromatic carbocycles. The monoisotopic (exact) mass is 200 g/mol. The number of rotatable bonds is 5. The lowest BCUT2D eigenvalue weighted by Gasteiger charge is -2.32. The van der Waals surface area contributed by atoms with Crippen molar-refractivity contribution in [2.45, 2.75) is 39.5 Å². The molecule has 80 valence electrons. The third-order valence-electron chi connectivity index (χ3n) is 3.69. The number of aliphatic carboxylic acids is 2. The highest BCUT2D eigenvalue weighted by Gasteiger charge is 2.60. The van der Waals surface area contributed by atoms with Crippen molar-refractivity contribution in [3.05, 3.63) is 0 Å². The highest BCUT2D eigenvalue weighted by Crippen LogP contribution is 2.62. The van der Waals surface area contributed by atoms with Gasteiger partial charge in [-0.05, 0) is 31.6 Å². The molecule has 0 spiro atoms. The van der Waals surface area contributed by atoms with Crippen molar-refractivity contribution < 1.29 is 19.8 Å². The number of hydrogen-bond donors (Lipinski definition) is 2. The predicted octanol–water partition coefficient (Wildman–Crippen LogP) is 1.74. The first-order valence-electron chi connectivity index (χ1n) is 4.83. The molecule has 1 unspecified atom stereocenters. The first-order valence-corrected chi connectivity index (χ1v) is 4.83. The summed E-state index contributed by atoms with van der Waals surface area (Å²) in [5, 5.41) is 17.9. The van der Waals surface area contributed by atoms with Crippen molar-refractivity contribution in [3.8, 4) is 0 Å². The van der Waals surface area contributed by atoms with Crippen LogP contribution in [0.15, 0.2) is 0 Å². The van der Waals surface area contributed by atoms with Gasteiger partial charge in [0.25, 0.3) is 0 Å². The third kappa shape index (κ3) is 1.49. The van der Waals surface area contributed by atoms with E-state index in [9.17, 15) is 9.59 Å². The van der Waals surface area contributed by atoms with Gasteiger partial charge >= 0.3 is 11.9 Å². The molecule has 1 rings (SSSR count). The van der Waals surface area contributed by atoms with Crippen LogP contribution >= 0.6 is 0 Å². The van der Waals surface area contributed by atoms with Crippen LogP contribution in [0.5, 0.6) is 0 Å². The van der Waals surface area contributed by atoms with Gasteiger partial charge in [-0.15, -0.1) is 0 Å². The molecule has 0 saturated heterocycles. The van der Waals surface area contributed by atoms with Crippen molar-refractivity contribution in [1.29, 1.82) is 0 Å². The maximum absolute atomic E-state index is 11.1. The van der Waals surface area contributed by atoms with Crippen LogP contribution in [0.1, 0.15) is 39.5 Å². The van der Waals surface area contributed by atoms with E-state index in [0.29, 0.717) is 6.42 Å². The second-order valence-electron chi connectivity index (χ2n) is 4.34. The molecule has 1 aliphatic rings. The molecule has 2 N–H and O–H groups in total. The highest BCUT2D eigenvalue weighted by atomic mass is 16.4. The Kier molecular flexibility index (Phi) is 2.56. The Morgan fingerprint density at radius 3 is 2.07 bits per heavy atom. The Bertz CT molecular complexity index is 267. The summed E-state index contributed by atoms with van der Waals surface area (Å²) in [4.78, 5) is 21.8. The van der Waals surface area contributed by atoms with E-state index in [4.69, 9.17) is 10.2 Å². The number of carbonyl (C=O) groups is 2. The van der Waals surface area contributed by atoms with Crippen LogP contribution in [0.2, 0.25) is 0 Å². The van der Waals surface area contributed by atoms with Gasteiger partial charge in [-0.25, -0.2) is 0 Å². The molecule has 0 bridgehead atoms. The van der Waals surface area contributed by atoms with Crippen LogP contribution in [0, 0.1) is 10.8 Å². The fraction of sp³-hybridized carbons (Fsp3) is 0.800. The first kappa shape index (κ1) is 11.0. The fourth-order valence-electron chi connectivity index (χ4n) is 2.12. The van der Waals surface area contributed by atoms with E-state index >= 15 is 0 Å². The van der Waals surface area contributed by atoms with Crippen LogP contribution in [0.4, 0.5) is 0 Å². The summed E-state index contributed by atoms with van der Waals surface area (Å²) in [6.45, 7) is 3.46. The van der Waals surface area contributed by atoms with Gasteiger partial charge in [-0.2, -0.15) is 0 Å². The molecule has 0 heterocycles. The minimum Gasteiger partial charge on any atom is -0.481 e. The third-order valence-corrected chi connectivity index (χ3v) is 3.69. The van der Waals surface area contributed by atoms with Crippen molar-refractivity contribution in [1.82, 2.24) is 0 Å². The lowest BCUT2D eigenvalue weighted by molar-refractivity contribution is -0.155. The smallest absolute Gasteiger partial charge is 0.309 e. The van der Waals surface area contributed by atoms with Gasteiger partial charge < -0.3 is 10.2 Å². The normalized spacial score (nSPS) is 22.4. The molecule has 1 aliphatic carbocycles. The summed E-state index contributed by atoms with van der Waals surface area (Å²) in [7, 11) is 0. The summed E-state index contributed by atoms with van der Waals surface area (Å²) in [5.41, 5.74) is -1.38. The zero-order chi connectivity index (χ0) is 11.0. The van der Waals surface area contributed by atoms with Crippen LogP contribution < -0.4 is 0 Å². The number of carboxylic acids is 2. The molecule has 0 aliphatic heterocycles. The molecule has 0 aromatic heterocycles. The van der Waals surface area contributed by atoms with Crippen LogP contribution in [0.25, 0.3) is 0 Å². The van der Waals surface area contributed by atoms with E-state index in [2.05, 4.69) is 0 Å². The molecule has 1 fully saturated rings. The highest BCUT2D eigenvalue weighted by molar-refractivity contribution is 5.78. The second kappa shape index (κ2) is 3.26. The zero-order valence-corrected chi connectivity index (χ0v) is 8.54. The molecule has 1 saturated carbocycles. The molecule has 0 radical (unpaired) electrons. The molecule has 4 heteroatoms.